The first-order valence-electron chi connectivity index (χ1n) is 1.70. The summed E-state index contributed by atoms with van der Waals surface area (Å²) in [5, 5.41) is 28.9. The Kier molecular flexibility index (Phi) is 9.55. The predicted molar refractivity (Wildman–Crippen MR) is 26.2 cm³/mol. The zero-order chi connectivity index (χ0) is 7.15. The molecule has 8 heavy (non-hydrogen) atoms. The quantitative estimate of drug-likeness (QED) is 0.267. The van der Waals surface area contributed by atoms with Gasteiger partial charge in [0.25, 0.3) is 0 Å². The molecule has 0 radical (unpaired) electrons. The first-order chi connectivity index (χ1) is 3.46. The third-order valence-electron chi connectivity index (χ3n) is 0. The third kappa shape index (κ3) is 992000. The Bertz CT molecular complexity index is 56.7. The van der Waals surface area contributed by atoms with E-state index in [4.69, 9.17) is 25.0 Å². The van der Waals surface area contributed by atoms with Crippen molar-refractivity contribution in [2.24, 2.45) is 0 Å². The monoisotopic (exact) mass is 114 g/mol. The van der Waals surface area contributed by atoms with Crippen LogP contribution < -0.4 is 0 Å². The Hall–Kier alpha value is 0.0123. The second-order valence-corrected chi connectivity index (χ2v) is 0.865. The van der Waals surface area contributed by atoms with Crippen molar-refractivity contribution in [3.63, 3.8) is 0 Å². The average Bonchev–Trinajstić information content (AvgIpc) is 1.25. The first kappa shape index (κ1) is 10.9. The van der Waals surface area contributed by atoms with Crippen LogP contribution in [0.15, 0.2) is 0 Å². The number of hydrogen-bond donors (Lipinski definition) is 4. The van der Waals surface area contributed by atoms with Gasteiger partial charge in [-0.2, -0.15) is 0 Å². The van der Waals surface area contributed by atoms with Crippen molar-refractivity contribution in [1.82, 2.24) is 0 Å². The van der Waals surface area contributed by atoms with E-state index in [0.29, 0.717) is 0 Å². The maximum absolute atomic E-state index is 9.00. The summed E-state index contributed by atoms with van der Waals surface area (Å²) in [6.45, 7) is 0. The van der Waals surface area contributed by atoms with Gasteiger partial charge in [-0.05, 0) is 0 Å². The molecule has 0 amide bonds. The number of rotatable bonds is 0. The van der Waals surface area contributed by atoms with Crippen molar-refractivity contribution in [3.8, 4) is 0 Å². The zero-order valence-corrected chi connectivity index (χ0v) is 4.27. The fraction of sp³-hybridized carbons (Fsp3) is 0. The molecule has 0 atom stereocenters. The Morgan fingerprint density at radius 1 is 1.38 bits per heavy atom. The topological polar surface area (TPSA) is 98.0 Å². The van der Waals surface area contributed by atoms with Crippen LogP contribution in [0.1, 0.15) is 0 Å². The van der Waals surface area contributed by atoms with Crippen molar-refractivity contribution in [1.29, 1.82) is 0 Å². The molecular weight excluding hydrogens is 110 g/mol. The molecule has 42 valence electrons. The normalized spacial score (nSPS) is 6.62. The van der Waals surface area contributed by atoms with Crippen LogP contribution in [0.3, 0.4) is 0 Å². The molecule has 0 spiro atoms. The molecule has 0 aromatic rings. The molecule has 0 aliphatic carbocycles. The van der Waals surface area contributed by atoms with Gasteiger partial charge < -0.3 is 15.1 Å². The summed E-state index contributed by atoms with van der Waals surface area (Å²) in [7, 11) is -2.17. The van der Waals surface area contributed by atoms with E-state index in [1.54, 1.807) is 0 Å². The maximum atomic E-state index is 9.00. The fourth-order valence-electron chi connectivity index (χ4n) is 0. The van der Waals surface area contributed by atoms with Gasteiger partial charge in [-0.1, -0.05) is 0 Å². The van der Waals surface area contributed by atoms with Gasteiger partial charge in [-0.3, -0.25) is 0 Å². The van der Waals surface area contributed by atoms with Gasteiger partial charge in [0.2, 0.25) is 0 Å². The van der Waals surface area contributed by atoms with Gasteiger partial charge in [0.15, 0.2) is 0 Å². The van der Waals surface area contributed by atoms with Gasteiger partial charge in [-0.15, -0.1) is 0 Å². The fourth-order valence-corrected chi connectivity index (χ4v) is 0. The summed E-state index contributed by atoms with van der Waals surface area (Å²) in [6.07, 6.45) is 0. The summed E-state index contributed by atoms with van der Waals surface area (Å²) >= 11 is 1.08. The van der Waals surface area contributed by atoms with E-state index in [1.165, 1.54) is 0 Å². The minimum absolute atomic E-state index is 0.833. The molecule has 0 aliphatic rings. The van der Waals surface area contributed by atoms with E-state index >= 15 is 0 Å². The van der Waals surface area contributed by atoms with Gasteiger partial charge in [-0.25, -0.2) is 0 Å². The van der Waals surface area contributed by atoms with Gasteiger partial charge in [0, 0.05) is 0 Å². The molecule has 0 bridgehead atoms. The van der Waals surface area contributed by atoms with Gasteiger partial charge in [0.05, 0.1) is 0 Å². The van der Waals surface area contributed by atoms with E-state index in [0.717, 1.165) is 17.7 Å². The second kappa shape index (κ2) is 7.01. The van der Waals surface area contributed by atoms with Gasteiger partial charge >= 0.3 is 39.6 Å². The summed E-state index contributed by atoms with van der Waals surface area (Å²) in [5.74, 6) is 0. The molecule has 4 N–H and O–H groups in total. The van der Waals surface area contributed by atoms with Crippen LogP contribution in [0, 0.1) is 0 Å². The summed E-state index contributed by atoms with van der Waals surface area (Å²) in [5.41, 5.74) is 0. The SMILES string of the molecule is OB(O)O.[Li][C](=O)O. The Morgan fingerprint density at radius 3 is 1.38 bits per heavy atom. The number of carbonyl (C=O) groups is 1. The molecule has 0 aliphatic heterocycles. The molecule has 0 saturated carbocycles. The van der Waals surface area contributed by atoms with Crippen LogP contribution in [0.5, 0.6) is 0 Å². The number of hydrogen-bond acceptors (Lipinski definition) is 4. The Balaban J connectivity index is 0. The summed E-state index contributed by atoms with van der Waals surface area (Å²) in [4.78, 5) is 9.00. The third-order valence-corrected chi connectivity index (χ3v) is 0. The van der Waals surface area contributed by atoms with Crippen molar-refractivity contribution < 1.29 is 25.0 Å². The van der Waals surface area contributed by atoms with Crippen molar-refractivity contribution >= 4 is 29.7 Å². The molecule has 0 heterocycles. The van der Waals surface area contributed by atoms with Crippen LogP contribution in [0.2, 0.25) is 0 Å². The second-order valence-electron chi connectivity index (χ2n) is 0.865. The van der Waals surface area contributed by atoms with E-state index in [2.05, 4.69) is 0 Å². The van der Waals surface area contributed by atoms with E-state index in [-0.39, 0.29) is 0 Å². The Labute approximate surface area is 55.3 Å². The molecule has 0 saturated heterocycles. The van der Waals surface area contributed by atoms with Crippen LogP contribution in [-0.4, -0.2) is 49.9 Å². The Morgan fingerprint density at radius 2 is 1.38 bits per heavy atom. The van der Waals surface area contributed by atoms with Crippen molar-refractivity contribution in [2.45, 2.75) is 0 Å². The molecule has 5 nitrogen and oxygen atoms in total. The summed E-state index contributed by atoms with van der Waals surface area (Å²) < 4.78 is -0.833. The van der Waals surface area contributed by atoms with Crippen molar-refractivity contribution in [3.05, 3.63) is 0 Å². The summed E-state index contributed by atoms with van der Waals surface area (Å²) in [6, 6.07) is 0. The molecule has 0 unspecified atom stereocenters. The number of carboxylic acid groups (broad SMARTS) is 1. The average molecular weight is 114 g/mol. The van der Waals surface area contributed by atoms with Crippen LogP contribution in [0.25, 0.3) is 0 Å². The molecule has 0 fully saturated rings. The first-order valence-corrected chi connectivity index (χ1v) is 1.70. The molecule has 0 aromatic heterocycles. The van der Waals surface area contributed by atoms with E-state index in [1.807, 2.05) is 0 Å². The molecule has 0 aromatic carbocycles. The standard InChI is InChI=1S/CHO2.BH3O3.Li/c2-1-3;2-1(3)4;/h(H,2,3);2-4H;. The zero-order valence-electron chi connectivity index (χ0n) is 4.27. The van der Waals surface area contributed by atoms with Crippen LogP contribution in [0.4, 0.5) is 4.79 Å². The van der Waals surface area contributed by atoms with Crippen molar-refractivity contribution in [2.75, 3.05) is 0 Å². The van der Waals surface area contributed by atoms with Crippen LogP contribution in [-0.2, 0) is 0 Å². The molecule has 7 heteroatoms. The minimum atomic E-state index is -2.17. The molecule has 0 rings (SSSR count). The molecular formula is CH4BLiO5. The van der Waals surface area contributed by atoms with E-state index < -0.39 is 12.0 Å². The van der Waals surface area contributed by atoms with Gasteiger partial charge in [0.1, 0.15) is 0 Å². The van der Waals surface area contributed by atoms with E-state index in [9.17, 15) is 0 Å². The predicted octanol–water partition coefficient (Wildman–Crippen LogP) is -2.22. The van der Waals surface area contributed by atoms with Crippen LogP contribution >= 0.6 is 0 Å².